The number of fused-ring (bicyclic) bond motifs is 1. The summed E-state index contributed by atoms with van der Waals surface area (Å²) >= 11 is 0. The van der Waals surface area contributed by atoms with Gasteiger partial charge < -0.3 is 16.0 Å². The number of benzene rings is 1. The summed E-state index contributed by atoms with van der Waals surface area (Å²) in [5, 5.41) is 8.20. The molecule has 1 aromatic carbocycles. The molecule has 0 aromatic heterocycles. The monoisotopic (exact) mass is 303 g/mol. The van der Waals surface area contributed by atoms with Crippen LogP contribution in [0, 0.1) is 0 Å². The minimum atomic E-state index is -0.697. The first-order chi connectivity index (χ1) is 10.6. The standard InChI is InChI=1S/C16H21N3O3/c1-2-3-10-17-14(20)9-8-13-16(22)18-12-7-5-4-6-11(12)15(21)19-13/h4-7,13H,2-3,8-10H2,1H3,(H,17,20)(H,18,22)(H,19,21)/t13-/m1/s1. The SMILES string of the molecule is CCCCNC(=O)CC[C@H]1NC(=O)c2ccccc2NC1=O. The van der Waals surface area contributed by atoms with Gasteiger partial charge in [0.25, 0.3) is 5.91 Å². The van der Waals surface area contributed by atoms with E-state index in [1.165, 1.54) is 0 Å². The Morgan fingerprint density at radius 1 is 1.27 bits per heavy atom. The van der Waals surface area contributed by atoms with Crippen LogP contribution in [0.2, 0.25) is 0 Å². The average Bonchev–Trinajstić information content (AvgIpc) is 2.63. The van der Waals surface area contributed by atoms with Gasteiger partial charge in [-0.1, -0.05) is 25.5 Å². The number of nitrogens with one attached hydrogen (secondary N) is 3. The van der Waals surface area contributed by atoms with Gasteiger partial charge in [-0.3, -0.25) is 14.4 Å². The van der Waals surface area contributed by atoms with Crippen molar-refractivity contribution in [3.8, 4) is 0 Å². The third kappa shape index (κ3) is 4.07. The molecule has 0 spiro atoms. The van der Waals surface area contributed by atoms with Crippen LogP contribution >= 0.6 is 0 Å². The Morgan fingerprint density at radius 3 is 2.82 bits per heavy atom. The maximum atomic E-state index is 12.1. The van der Waals surface area contributed by atoms with Gasteiger partial charge in [0.2, 0.25) is 11.8 Å². The largest absolute Gasteiger partial charge is 0.356 e. The van der Waals surface area contributed by atoms with E-state index < -0.39 is 6.04 Å². The Bertz CT molecular complexity index is 572. The zero-order valence-corrected chi connectivity index (χ0v) is 12.6. The van der Waals surface area contributed by atoms with E-state index in [1.54, 1.807) is 24.3 Å². The summed E-state index contributed by atoms with van der Waals surface area (Å²) in [6, 6.07) is 6.15. The van der Waals surface area contributed by atoms with Gasteiger partial charge in [0.15, 0.2) is 0 Å². The van der Waals surface area contributed by atoms with E-state index in [9.17, 15) is 14.4 Å². The normalized spacial score (nSPS) is 17.0. The van der Waals surface area contributed by atoms with Crippen molar-refractivity contribution in [3.63, 3.8) is 0 Å². The summed E-state index contributed by atoms with van der Waals surface area (Å²) in [7, 11) is 0. The summed E-state index contributed by atoms with van der Waals surface area (Å²) in [6.45, 7) is 2.69. The number of carbonyl (C=O) groups excluding carboxylic acids is 3. The number of hydrogen-bond acceptors (Lipinski definition) is 3. The molecule has 22 heavy (non-hydrogen) atoms. The lowest BCUT2D eigenvalue weighted by molar-refractivity contribution is -0.121. The van der Waals surface area contributed by atoms with E-state index in [0.29, 0.717) is 17.8 Å². The highest BCUT2D eigenvalue weighted by atomic mass is 16.2. The Balaban J connectivity index is 1.92. The number of para-hydroxylation sites is 1. The molecule has 0 radical (unpaired) electrons. The van der Waals surface area contributed by atoms with E-state index in [0.717, 1.165) is 12.8 Å². The molecule has 0 unspecified atom stereocenters. The van der Waals surface area contributed by atoms with Crippen molar-refractivity contribution < 1.29 is 14.4 Å². The van der Waals surface area contributed by atoms with Crippen molar-refractivity contribution in [1.29, 1.82) is 0 Å². The summed E-state index contributed by atoms with van der Waals surface area (Å²) in [6.07, 6.45) is 2.43. The first-order valence-corrected chi connectivity index (χ1v) is 7.59. The second-order valence-electron chi connectivity index (χ2n) is 5.30. The Kier molecular flexibility index (Phi) is 5.52. The van der Waals surface area contributed by atoms with Crippen molar-refractivity contribution in [2.24, 2.45) is 0 Å². The average molecular weight is 303 g/mol. The molecular weight excluding hydrogens is 282 g/mol. The first-order valence-electron chi connectivity index (χ1n) is 7.59. The quantitative estimate of drug-likeness (QED) is 0.695. The van der Waals surface area contributed by atoms with E-state index in [-0.39, 0.29) is 30.6 Å². The van der Waals surface area contributed by atoms with Gasteiger partial charge in [0.1, 0.15) is 6.04 Å². The van der Waals surface area contributed by atoms with Crippen molar-refractivity contribution in [2.75, 3.05) is 11.9 Å². The highest BCUT2D eigenvalue weighted by Gasteiger charge is 2.27. The highest BCUT2D eigenvalue weighted by Crippen LogP contribution is 2.19. The molecule has 6 heteroatoms. The second-order valence-corrected chi connectivity index (χ2v) is 5.30. The minimum Gasteiger partial charge on any atom is -0.356 e. The van der Waals surface area contributed by atoms with Crippen LogP contribution in [0.25, 0.3) is 0 Å². The number of anilines is 1. The molecule has 3 amide bonds. The van der Waals surface area contributed by atoms with Crippen LogP contribution in [-0.2, 0) is 9.59 Å². The molecule has 6 nitrogen and oxygen atoms in total. The van der Waals surface area contributed by atoms with E-state index in [1.807, 2.05) is 0 Å². The van der Waals surface area contributed by atoms with Crippen molar-refractivity contribution in [3.05, 3.63) is 29.8 Å². The number of rotatable bonds is 6. The van der Waals surface area contributed by atoms with Gasteiger partial charge >= 0.3 is 0 Å². The summed E-state index contributed by atoms with van der Waals surface area (Å²) in [4.78, 5) is 35.9. The summed E-state index contributed by atoms with van der Waals surface area (Å²) < 4.78 is 0. The van der Waals surface area contributed by atoms with Crippen LogP contribution in [0.3, 0.4) is 0 Å². The summed E-state index contributed by atoms with van der Waals surface area (Å²) in [5.74, 6) is -0.692. The predicted octanol–water partition coefficient (Wildman–Crippen LogP) is 1.43. The zero-order chi connectivity index (χ0) is 15.9. The van der Waals surface area contributed by atoms with Crippen molar-refractivity contribution in [1.82, 2.24) is 10.6 Å². The molecule has 1 atom stereocenters. The fraction of sp³-hybridized carbons (Fsp3) is 0.438. The van der Waals surface area contributed by atoms with Gasteiger partial charge in [0.05, 0.1) is 11.3 Å². The third-order valence-corrected chi connectivity index (χ3v) is 3.56. The third-order valence-electron chi connectivity index (χ3n) is 3.56. The summed E-state index contributed by atoms with van der Waals surface area (Å²) in [5.41, 5.74) is 0.936. The number of carbonyl (C=O) groups is 3. The molecule has 0 fully saturated rings. The molecule has 1 aromatic rings. The predicted molar refractivity (Wildman–Crippen MR) is 83.5 cm³/mol. The number of amides is 3. The lowest BCUT2D eigenvalue weighted by Crippen LogP contribution is -2.42. The Hall–Kier alpha value is -2.37. The molecule has 118 valence electrons. The van der Waals surface area contributed by atoms with Gasteiger partial charge in [-0.15, -0.1) is 0 Å². The van der Waals surface area contributed by atoms with Crippen molar-refractivity contribution >= 4 is 23.4 Å². The fourth-order valence-electron chi connectivity index (χ4n) is 2.28. The smallest absolute Gasteiger partial charge is 0.254 e. The molecule has 0 aliphatic carbocycles. The van der Waals surface area contributed by atoms with Crippen molar-refractivity contribution in [2.45, 2.75) is 38.6 Å². The zero-order valence-electron chi connectivity index (χ0n) is 12.6. The van der Waals surface area contributed by atoms with Gasteiger partial charge in [-0.25, -0.2) is 0 Å². The molecule has 0 saturated heterocycles. The fourth-order valence-corrected chi connectivity index (χ4v) is 2.28. The maximum absolute atomic E-state index is 12.1. The minimum absolute atomic E-state index is 0.0998. The second kappa shape index (κ2) is 7.59. The van der Waals surface area contributed by atoms with Crippen LogP contribution < -0.4 is 16.0 Å². The lowest BCUT2D eigenvalue weighted by Gasteiger charge is -2.14. The number of hydrogen-bond donors (Lipinski definition) is 3. The topological polar surface area (TPSA) is 87.3 Å². The maximum Gasteiger partial charge on any atom is 0.254 e. The molecule has 1 heterocycles. The van der Waals surface area contributed by atoms with Gasteiger partial charge in [0, 0.05) is 13.0 Å². The van der Waals surface area contributed by atoms with E-state index >= 15 is 0 Å². The molecule has 0 bridgehead atoms. The van der Waals surface area contributed by atoms with Crippen LogP contribution in [0.1, 0.15) is 43.0 Å². The molecule has 2 rings (SSSR count). The van der Waals surface area contributed by atoms with E-state index in [2.05, 4.69) is 22.9 Å². The van der Waals surface area contributed by atoms with Gasteiger partial charge in [-0.2, -0.15) is 0 Å². The van der Waals surface area contributed by atoms with Crippen LogP contribution in [0.5, 0.6) is 0 Å². The lowest BCUT2D eigenvalue weighted by atomic mass is 10.1. The molecule has 1 aliphatic heterocycles. The van der Waals surface area contributed by atoms with E-state index in [4.69, 9.17) is 0 Å². The Morgan fingerprint density at radius 2 is 2.05 bits per heavy atom. The van der Waals surface area contributed by atoms with Gasteiger partial charge in [-0.05, 0) is 25.0 Å². The molecule has 3 N–H and O–H groups in total. The first kappa shape index (κ1) is 16.0. The van der Waals surface area contributed by atoms with Crippen LogP contribution in [0.15, 0.2) is 24.3 Å². The van der Waals surface area contributed by atoms with Crippen LogP contribution in [-0.4, -0.2) is 30.3 Å². The van der Waals surface area contributed by atoms with Crippen LogP contribution in [0.4, 0.5) is 5.69 Å². The highest BCUT2D eigenvalue weighted by molar-refractivity contribution is 6.09. The number of unbranched alkanes of at least 4 members (excludes halogenated alkanes) is 1. The molecule has 0 saturated carbocycles. The molecular formula is C16H21N3O3. The molecule has 1 aliphatic rings. The Labute approximate surface area is 129 Å².